The van der Waals surface area contributed by atoms with Crippen LogP contribution in [0.5, 0.6) is 5.75 Å². The zero-order valence-electron chi connectivity index (χ0n) is 15.1. The molecule has 0 atom stereocenters. The minimum Gasteiger partial charge on any atom is -0.491 e. The number of fused-ring (bicyclic) bond motifs is 1. The van der Waals surface area contributed by atoms with Gasteiger partial charge in [-0.15, -0.1) is 0 Å². The molecule has 0 aliphatic heterocycles. The van der Waals surface area contributed by atoms with E-state index in [4.69, 9.17) is 9.73 Å². The summed E-state index contributed by atoms with van der Waals surface area (Å²) in [5.41, 5.74) is 3.33. The SMILES string of the molecule is COc1c(N=C(c2ccccc2)c2ccccc2)cc2cn(C)nc2c1F. The van der Waals surface area contributed by atoms with Gasteiger partial charge in [-0.3, -0.25) is 4.68 Å². The third-order valence-corrected chi connectivity index (χ3v) is 4.32. The lowest BCUT2D eigenvalue weighted by Crippen LogP contribution is -2.03. The number of hydrogen-bond donors (Lipinski definition) is 0. The van der Waals surface area contributed by atoms with E-state index in [0.29, 0.717) is 11.1 Å². The summed E-state index contributed by atoms with van der Waals surface area (Å²) in [6, 6.07) is 21.5. The Balaban J connectivity index is 1.98. The average Bonchev–Trinajstić information content (AvgIpc) is 3.08. The molecular weight excluding hydrogens is 341 g/mol. The normalized spacial score (nSPS) is 10.8. The Morgan fingerprint density at radius 1 is 1.00 bits per heavy atom. The molecule has 0 amide bonds. The van der Waals surface area contributed by atoms with Crippen LogP contribution in [0.15, 0.2) is 77.9 Å². The van der Waals surface area contributed by atoms with Gasteiger partial charge in [0.15, 0.2) is 11.6 Å². The van der Waals surface area contributed by atoms with Crippen LogP contribution in [0.3, 0.4) is 0 Å². The number of hydrogen-bond acceptors (Lipinski definition) is 3. The molecular formula is C22H18FN3O. The molecule has 0 bridgehead atoms. The highest BCUT2D eigenvalue weighted by molar-refractivity contribution is 6.14. The minimum absolute atomic E-state index is 0.0885. The van der Waals surface area contributed by atoms with Crippen LogP contribution < -0.4 is 4.74 Å². The van der Waals surface area contributed by atoms with Gasteiger partial charge in [0.2, 0.25) is 0 Å². The zero-order chi connectivity index (χ0) is 18.8. The third kappa shape index (κ3) is 3.19. The fraction of sp³-hybridized carbons (Fsp3) is 0.0909. The summed E-state index contributed by atoms with van der Waals surface area (Å²) < 4.78 is 21.8. The van der Waals surface area contributed by atoms with E-state index in [9.17, 15) is 4.39 Å². The van der Waals surface area contributed by atoms with Gasteiger partial charge in [-0.25, -0.2) is 9.38 Å². The number of ether oxygens (including phenoxy) is 1. The number of benzene rings is 3. The fourth-order valence-corrected chi connectivity index (χ4v) is 3.10. The van der Waals surface area contributed by atoms with E-state index in [1.807, 2.05) is 60.7 Å². The predicted octanol–water partition coefficient (Wildman–Crippen LogP) is 4.89. The second kappa shape index (κ2) is 7.03. The minimum atomic E-state index is -0.505. The van der Waals surface area contributed by atoms with Crippen molar-refractivity contribution in [1.29, 1.82) is 0 Å². The lowest BCUT2D eigenvalue weighted by molar-refractivity contribution is 0.390. The van der Waals surface area contributed by atoms with Crippen LogP contribution in [-0.4, -0.2) is 22.6 Å². The Hall–Kier alpha value is -3.47. The van der Waals surface area contributed by atoms with E-state index in [2.05, 4.69) is 5.10 Å². The van der Waals surface area contributed by atoms with E-state index >= 15 is 0 Å². The summed E-state index contributed by atoms with van der Waals surface area (Å²) in [6.45, 7) is 0. The summed E-state index contributed by atoms with van der Waals surface area (Å²) in [4.78, 5) is 4.80. The highest BCUT2D eigenvalue weighted by Gasteiger charge is 2.18. The van der Waals surface area contributed by atoms with E-state index in [1.165, 1.54) is 7.11 Å². The van der Waals surface area contributed by atoms with Crippen molar-refractivity contribution in [3.63, 3.8) is 0 Å². The zero-order valence-corrected chi connectivity index (χ0v) is 15.1. The molecule has 0 unspecified atom stereocenters. The molecule has 0 saturated carbocycles. The first-order chi connectivity index (χ1) is 13.2. The molecule has 1 heterocycles. The van der Waals surface area contributed by atoms with Gasteiger partial charge in [0.1, 0.15) is 11.2 Å². The van der Waals surface area contributed by atoms with Crippen molar-refractivity contribution in [2.24, 2.45) is 12.0 Å². The van der Waals surface area contributed by atoms with E-state index < -0.39 is 5.82 Å². The molecule has 0 aliphatic rings. The van der Waals surface area contributed by atoms with Gasteiger partial charge in [-0.2, -0.15) is 5.10 Å². The Kier molecular flexibility index (Phi) is 4.42. The van der Waals surface area contributed by atoms with Gasteiger partial charge < -0.3 is 4.74 Å². The number of aromatic nitrogens is 2. The smallest absolute Gasteiger partial charge is 0.195 e. The number of methoxy groups -OCH3 is 1. The first-order valence-corrected chi connectivity index (χ1v) is 8.56. The number of aliphatic imine (C=N–C) groups is 1. The van der Waals surface area contributed by atoms with E-state index in [-0.39, 0.29) is 11.3 Å². The van der Waals surface area contributed by atoms with Crippen molar-refractivity contribution in [1.82, 2.24) is 9.78 Å². The quantitative estimate of drug-likeness (QED) is 0.487. The molecule has 4 aromatic rings. The molecule has 134 valence electrons. The van der Waals surface area contributed by atoms with Gasteiger partial charge in [-0.1, -0.05) is 60.7 Å². The summed E-state index contributed by atoms with van der Waals surface area (Å²) in [5, 5.41) is 4.85. The Morgan fingerprint density at radius 3 is 2.15 bits per heavy atom. The maximum atomic E-state index is 14.9. The molecule has 0 N–H and O–H groups in total. The van der Waals surface area contributed by atoms with Crippen molar-refractivity contribution in [3.05, 3.63) is 89.9 Å². The number of aryl methyl sites for hydroxylation is 1. The molecule has 0 saturated heterocycles. The molecule has 4 rings (SSSR count). The van der Waals surface area contributed by atoms with Crippen LogP contribution in [0.1, 0.15) is 11.1 Å². The van der Waals surface area contributed by atoms with Gasteiger partial charge in [0.05, 0.1) is 12.8 Å². The summed E-state index contributed by atoms with van der Waals surface area (Å²) in [6.07, 6.45) is 1.77. The summed E-state index contributed by atoms with van der Waals surface area (Å²) >= 11 is 0. The molecule has 0 aliphatic carbocycles. The topological polar surface area (TPSA) is 39.4 Å². The number of rotatable bonds is 4. The van der Waals surface area contributed by atoms with Crippen molar-refractivity contribution >= 4 is 22.3 Å². The third-order valence-electron chi connectivity index (χ3n) is 4.32. The van der Waals surface area contributed by atoms with Crippen molar-refractivity contribution < 1.29 is 9.13 Å². The van der Waals surface area contributed by atoms with Crippen LogP contribution in [0.25, 0.3) is 10.9 Å². The molecule has 0 radical (unpaired) electrons. The molecule has 1 aromatic heterocycles. The predicted molar refractivity (Wildman–Crippen MR) is 105 cm³/mol. The standard InChI is InChI=1S/C22H18FN3O/c1-26-14-17-13-18(22(27-2)19(23)21(17)25-26)24-20(15-9-5-3-6-10-15)16-11-7-4-8-12-16/h3-14H,1-2H3. The van der Waals surface area contributed by atoms with Crippen LogP contribution in [0, 0.1) is 5.82 Å². The highest BCUT2D eigenvalue weighted by Crippen LogP contribution is 2.36. The maximum absolute atomic E-state index is 14.9. The fourth-order valence-electron chi connectivity index (χ4n) is 3.10. The lowest BCUT2D eigenvalue weighted by atomic mass is 10.0. The number of nitrogens with zero attached hydrogens (tertiary/aromatic N) is 3. The second-order valence-corrected chi connectivity index (χ2v) is 6.18. The molecule has 5 heteroatoms. The summed E-state index contributed by atoms with van der Waals surface area (Å²) in [5.74, 6) is -0.416. The maximum Gasteiger partial charge on any atom is 0.195 e. The van der Waals surface area contributed by atoms with Crippen molar-refractivity contribution in [2.75, 3.05) is 7.11 Å². The van der Waals surface area contributed by atoms with Crippen molar-refractivity contribution in [3.8, 4) is 5.75 Å². The van der Waals surface area contributed by atoms with Crippen molar-refractivity contribution in [2.45, 2.75) is 0 Å². The van der Waals surface area contributed by atoms with Crippen LogP contribution in [0.2, 0.25) is 0 Å². The van der Waals surface area contributed by atoms with E-state index in [1.54, 1.807) is 24.0 Å². The van der Waals surface area contributed by atoms with E-state index in [0.717, 1.165) is 16.8 Å². The first-order valence-electron chi connectivity index (χ1n) is 8.56. The Bertz CT molecular complexity index is 1080. The van der Waals surface area contributed by atoms with Gasteiger partial charge in [-0.05, 0) is 6.07 Å². The first kappa shape index (κ1) is 17.0. The van der Waals surface area contributed by atoms with Crippen LogP contribution in [0.4, 0.5) is 10.1 Å². The number of halogens is 1. The molecule has 3 aromatic carbocycles. The lowest BCUT2D eigenvalue weighted by Gasteiger charge is -2.11. The van der Waals surface area contributed by atoms with Gasteiger partial charge >= 0.3 is 0 Å². The van der Waals surface area contributed by atoms with Crippen LogP contribution in [-0.2, 0) is 7.05 Å². The monoisotopic (exact) mass is 359 g/mol. The molecule has 4 nitrogen and oxygen atoms in total. The Labute approximate surface area is 156 Å². The van der Waals surface area contributed by atoms with Gasteiger partial charge in [0.25, 0.3) is 0 Å². The molecule has 0 fully saturated rings. The molecule has 27 heavy (non-hydrogen) atoms. The highest BCUT2D eigenvalue weighted by atomic mass is 19.1. The average molecular weight is 359 g/mol. The van der Waals surface area contributed by atoms with Gasteiger partial charge in [0, 0.05) is 29.8 Å². The van der Waals surface area contributed by atoms with Crippen LogP contribution >= 0.6 is 0 Å². The Morgan fingerprint density at radius 2 is 1.59 bits per heavy atom. The summed E-state index contributed by atoms with van der Waals surface area (Å²) in [7, 11) is 3.20. The largest absolute Gasteiger partial charge is 0.491 e. The molecule has 0 spiro atoms. The second-order valence-electron chi connectivity index (χ2n) is 6.18.